The number of thioether (sulfide) groups is 1. The zero-order valence-electron chi connectivity index (χ0n) is 14.7. The normalized spacial score (nSPS) is 15.2. The lowest BCUT2D eigenvalue weighted by Crippen LogP contribution is -2.28. The molecule has 0 spiro atoms. The molecule has 0 aliphatic rings. The van der Waals surface area contributed by atoms with Crippen molar-refractivity contribution in [3.05, 3.63) is 65.2 Å². The Labute approximate surface area is 145 Å². The van der Waals surface area contributed by atoms with Gasteiger partial charge in [-0.15, -0.1) is 11.8 Å². The summed E-state index contributed by atoms with van der Waals surface area (Å²) in [5, 5.41) is 10.9. The topological polar surface area (TPSA) is 20.2 Å². The molecule has 2 aromatic carbocycles. The summed E-state index contributed by atoms with van der Waals surface area (Å²) in [6.45, 7) is 8.23. The molecule has 0 aromatic heterocycles. The zero-order chi connectivity index (χ0) is 16.9. The third-order valence-corrected chi connectivity index (χ3v) is 5.55. The highest BCUT2D eigenvalue weighted by atomic mass is 32.2. The van der Waals surface area contributed by atoms with E-state index in [1.165, 1.54) is 21.6 Å². The van der Waals surface area contributed by atoms with Gasteiger partial charge < -0.3 is 5.11 Å². The molecule has 0 aliphatic heterocycles. The first-order valence-electron chi connectivity index (χ1n) is 8.39. The van der Waals surface area contributed by atoms with E-state index in [9.17, 15) is 5.11 Å². The minimum Gasteiger partial charge on any atom is -0.390 e. The van der Waals surface area contributed by atoms with E-state index in [1.54, 1.807) is 0 Å². The van der Waals surface area contributed by atoms with E-state index in [-0.39, 0.29) is 0 Å². The van der Waals surface area contributed by atoms with Gasteiger partial charge in [-0.3, -0.25) is 0 Å². The molecule has 0 saturated carbocycles. The van der Waals surface area contributed by atoms with Crippen LogP contribution in [0.4, 0.5) is 0 Å². The van der Waals surface area contributed by atoms with Gasteiger partial charge >= 0.3 is 0 Å². The number of aliphatic hydroxyl groups is 1. The molecule has 0 heterocycles. The molecule has 0 radical (unpaired) electrons. The van der Waals surface area contributed by atoms with Crippen molar-refractivity contribution in [2.45, 2.75) is 62.7 Å². The van der Waals surface area contributed by atoms with E-state index < -0.39 is 5.60 Å². The Balaban J connectivity index is 2.13. The summed E-state index contributed by atoms with van der Waals surface area (Å²) in [6, 6.07) is 17.4. The average molecular weight is 329 g/mol. The second-order valence-corrected chi connectivity index (χ2v) is 8.17. The lowest BCUT2D eigenvalue weighted by Gasteiger charge is -2.27. The third kappa shape index (κ3) is 6.04. The molecule has 0 saturated heterocycles. The highest BCUT2D eigenvalue weighted by molar-refractivity contribution is 8.00. The van der Waals surface area contributed by atoms with Gasteiger partial charge in [-0.2, -0.15) is 0 Å². The van der Waals surface area contributed by atoms with Gasteiger partial charge in [0, 0.05) is 10.1 Å². The van der Waals surface area contributed by atoms with Crippen LogP contribution in [0.1, 0.15) is 43.4 Å². The molecule has 1 N–H and O–H groups in total. The minimum absolute atomic E-state index is 0.371. The van der Waals surface area contributed by atoms with Crippen molar-refractivity contribution in [2.24, 2.45) is 0 Å². The maximum Gasteiger partial charge on any atom is 0.0628 e. The van der Waals surface area contributed by atoms with Crippen LogP contribution in [-0.4, -0.2) is 16.0 Å². The molecular weight excluding hydrogens is 300 g/mol. The van der Waals surface area contributed by atoms with Crippen LogP contribution in [-0.2, 0) is 6.42 Å². The maximum absolute atomic E-state index is 10.5. The number of benzene rings is 2. The Hall–Kier alpha value is -1.25. The predicted octanol–water partition coefficient (Wildman–Crippen LogP) is 5.56. The van der Waals surface area contributed by atoms with E-state index in [0.29, 0.717) is 5.25 Å². The molecule has 2 heteroatoms. The van der Waals surface area contributed by atoms with Crippen molar-refractivity contribution in [1.29, 1.82) is 0 Å². The fourth-order valence-electron chi connectivity index (χ4n) is 2.59. The smallest absolute Gasteiger partial charge is 0.0628 e. The lowest BCUT2D eigenvalue weighted by atomic mass is 9.94. The lowest BCUT2D eigenvalue weighted by molar-refractivity contribution is 0.0467. The van der Waals surface area contributed by atoms with E-state index in [0.717, 1.165) is 19.3 Å². The molecule has 0 aliphatic carbocycles. The first kappa shape index (κ1) is 18.1. The van der Waals surface area contributed by atoms with Crippen molar-refractivity contribution >= 4 is 11.8 Å². The molecule has 2 aromatic rings. The van der Waals surface area contributed by atoms with Crippen molar-refractivity contribution in [2.75, 3.05) is 0 Å². The number of rotatable bonds is 7. The second-order valence-electron chi connectivity index (χ2n) is 6.80. The summed E-state index contributed by atoms with van der Waals surface area (Å²) in [6.07, 6.45) is 2.57. The molecule has 1 nitrogen and oxygen atoms in total. The molecular formula is C21H28OS. The molecule has 124 valence electrons. The minimum atomic E-state index is -0.604. The summed E-state index contributed by atoms with van der Waals surface area (Å²) in [4.78, 5) is 1.28. The van der Waals surface area contributed by atoms with Crippen LogP contribution in [0.3, 0.4) is 0 Å². The van der Waals surface area contributed by atoms with Crippen LogP contribution in [0, 0.1) is 13.8 Å². The monoisotopic (exact) mass is 328 g/mol. The van der Waals surface area contributed by atoms with Gasteiger partial charge in [-0.05, 0) is 57.7 Å². The van der Waals surface area contributed by atoms with Crippen LogP contribution < -0.4 is 0 Å². The zero-order valence-corrected chi connectivity index (χ0v) is 15.5. The van der Waals surface area contributed by atoms with Gasteiger partial charge in [-0.1, -0.05) is 54.4 Å². The standard InChI is InChI=1S/C21H28OS/c1-5-21(4,22)15-20(14-18-10-6-16(2)7-11-18)23-19-12-8-17(3)9-13-19/h6-13,20,22H,5,14-15H2,1-4H3. The SMILES string of the molecule is CCC(C)(O)CC(Cc1ccc(C)cc1)Sc1ccc(C)cc1. The predicted molar refractivity (Wildman–Crippen MR) is 101 cm³/mol. The Morgan fingerprint density at radius 1 is 0.957 bits per heavy atom. The molecule has 2 atom stereocenters. The van der Waals surface area contributed by atoms with E-state index in [1.807, 2.05) is 18.7 Å². The number of hydrogen-bond acceptors (Lipinski definition) is 2. The van der Waals surface area contributed by atoms with Gasteiger partial charge in [0.2, 0.25) is 0 Å². The van der Waals surface area contributed by atoms with Gasteiger partial charge in [0.1, 0.15) is 0 Å². The summed E-state index contributed by atoms with van der Waals surface area (Å²) >= 11 is 1.88. The summed E-state index contributed by atoms with van der Waals surface area (Å²) in [5.41, 5.74) is 3.31. The first-order chi connectivity index (χ1) is 10.9. The molecule has 0 bridgehead atoms. The van der Waals surface area contributed by atoms with Gasteiger partial charge in [0.15, 0.2) is 0 Å². The summed E-state index contributed by atoms with van der Waals surface area (Å²) in [7, 11) is 0. The first-order valence-corrected chi connectivity index (χ1v) is 9.27. The second kappa shape index (κ2) is 8.03. The Morgan fingerprint density at radius 2 is 1.48 bits per heavy atom. The van der Waals surface area contributed by atoms with Crippen LogP contribution >= 0.6 is 11.8 Å². The summed E-state index contributed by atoms with van der Waals surface area (Å²) in [5.74, 6) is 0. The van der Waals surface area contributed by atoms with Crippen molar-refractivity contribution in [3.8, 4) is 0 Å². The summed E-state index contributed by atoms with van der Waals surface area (Å²) < 4.78 is 0. The molecule has 23 heavy (non-hydrogen) atoms. The van der Waals surface area contributed by atoms with Crippen LogP contribution in [0.15, 0.2) is 53.4 Å². The van der Waals surface area contributed by atoms with Crippen LogP contribution in [0.5, 0.6) is 0 Å². The fraction of sp³-hybridized carbons (Fsp3) is 0.429. The average Bonchev–Trinajstić information content (AvgIpc) is 2.51. The Morgan fingerprint density at radius 3 is 2.00 bits per heavy atom. The van der Waals surface area contributed by atoms with Crippen LogP contribution in [0.2, 0.25) is 0 Å². The molecule has 0 fully saturated rings. The maximum atomic E-state index is 10.5. The highest BCUT2D eigenvalue weighted by Crippen LogP contribution is 2.32. The number of hydrogen-bond donors (Lipinski definition) is 1. The molecule has 0 amide bonds. The fourth-order valence-corrected chi connectivity index (χ4v) is 3.98. The Bertz CT molecular complexity index is 551. The molecule has 2 rings (SSSR count). The quantitative estimate of drug-likeness (QED) is 0.672. The van der Waals surface area contributed by atoms with E-state index in [4.69, 9.17) is 0 Å². The van der Waals surface area contributed by atoms with Gasteiger partial charge in [0.05, 0.1) is 5.60 Å². The van der Waals surface area contributed by atoms with Crippen molar-refractivity contribution in [3.63, 3.8) is 0 Å². The van der Waals surface area contributed by atoms with E-state index in [2.05, 4.69) is 69.3 Å². The Kier molecular flexibility index (Phi) is 6.32. The highest BCUT2D eigenvalue weighted by Gasteiger charge is 2.24. The number of aryl methyl sites for hydroxylation is 2. The van der Waals surface area contributed by atoms with Gasteiger partial charge in [0.25, 0.3) is 0 Å². The van der Waals surface area contributed by atoms with Crippen molar-refractivity contribution < 1.29 is 5.11 Å². The third-order valence-electron chi connectivity index (χ3n) is 4.34. The van der Waals surface area contributed by atoms with Gasteiger partial charge in [-0.25, -0.2) is 0 Å². The van der Waals surface area contributed by atoms with E-state index >= 15 is 0 Å². The molecule has 2 unspecified atom stereocenters. The van der Waals surface area contributed by atoms with Crippen molar-refractivity contribution in [1.82, 2.24) is 0 Å². The van der Waals surface area contributed by atoms with Crippen LogP contribution in [0.25, 0.3) is 0 Å². The largest absolute Gasteiger partial charge is 0.390 e.